The first-order valence-corrected chi connectivity index (χ1v) is 10.6. The van der Waals surface area contributed by atoms with Gasteiger partial charge in [-0.15, -0.1) is 0 Å². The van der Waals surface area contributed by atoms with E-state index >= 15 is 0 Å². The molecule has 5 rings (SSSR count). The van der Waals surface area contributed by atoms with E-state index in [2.05, 4.69) is 26.0 Å². The second kappa shape index (κ2) is 8.65. The zero-order valence-electron chi connectivity index (χ0n) is 18.4. The van der Waals surface area contributed by atoms with Gasteiger partial charge < -0.3 is 4.98 Å². The molecule has 162 valence electrons. The molecular weight excluding hydrogens is 412 g/mol. The fourth-order valence-electron chi connectivity index (χ4n) is 3.90. The molecule has 0 amide bonds. The van der Waals surface area contributed by atoms with Crippen molar-refractivity contribution in [1.82, 2.24) is 34.4 Å². The highest BCUT2D eigenvalue weighted by Crippen LogP contribution is 2.30. The molecule has 0 saturated carbocycles. The molecule has 33 heavy (non-hydrogen) atoms. The van der Waals surface area contributed by atoms with Crippen molar-refractivity contribution in [3.8, 4) is 28.7 Å². The summed E-state index contributed by atoms with van der Waals surface area (Å²) in [6.07, 6.45) is 3.47. The number of hydrogen-bond acceptors (Lipinski definition) is 6. The normalized spacial score (nSPS) is 11.2. The molecule has 5 aromatic rings. The van der Waals surface area contributed by atoms with Gasteiger partial charge in [-0.25, -0.2) is 14.5 Å². The molecule has 4 heterocycles. The summed E-state index contributed by atoms with van der Waals surface area (Å²) in [7, 11) is 2.02. The smallest absolute Gasteiger partial charge is 0.155 e. The number of aryl methyl sites for hydroxylation is 1. The fraction of sp³-hybridized carbons (Fsp3) is 0.160. The van der Waals surface area contributed by atoms with Crippen LogP contribution in [-0.2, 0) is 13.1 Å². The van der Waals surface area contributed by atoms with E-state index in [4.69, 9.17) is 9.97 Å². The van der Waals surface area contributed by atoms with Gasteiger partial charge in [0, 0.05) is 24.0 Å². The van der Waals surface area contributed by atoms with Crippen LogP contribution in [0.25, 0.3) is 28.3 Å². The standard InChI is InChI=1S/C25H22N8/c1-17-6-5-9-21(29-17)25-24(20-10-11-23-27-16-28-33(23)14-20)30-22(31-25)15-32(2)13-19-8-4-3-7-18(19)12-26/h3-11,14,16H,13,15H2,1-2H3,(H,30,31). The van der Waals surface area contributed by atoms with Crippen molar-refractivity contribution in [2.45, 2.75) is 20.0 Å². The van der Waals surface area contributed by atoms with E-state index in [9.17, 15) is 5.26 Å². The van der Waals surface area contributed by atoms with Crippen LogP contribution in [0.3, 0.4) is 0 Å². The third-order valence-corrected chi connectivity index (χ3v) is 5.44. The van der Waals surface area contributed by atoms with E-state index in [1.54, 1.807) is 4.52 Å². The molecule has 0 bridgehead atoms. The summed E-state index contributed by atoms with van der Waals surface area (Å²) in [6.45, 7) is 3.20. The Morgan fingerprint density at radius 3 is 2.76 bits per heavy atom. The maximum absolute atomic E-state index is 9.39. The van der Waals surface area contributed by atoms with Crippen LogP contribution in [0.4, 0.5) is 0 Å². The number of benzene rings is 1. The van der Waals surface area contributed by atoms with Gasteiger partial charge in [0.1, 0.15) is 17.8 Å². The van der Waals surface area contributed by atoms with Gasteiger partial charge in [-0.05, 0) is 49.9 Å². The molecule has 0 fully saturated rings. The second-order valence-corrected chi connectivity index (χ2v) is 7.99. The first kappa shape index (κ1) is 20.5. The Morgan fingerprint density at radius 1 is 1.03 bits per heavy atom. The Labute approximate surface area is 191 Å². The van der Waals surface area contributed by atoms with Gasteiger partial charge in [-0.2, -0.15) is 10.4 Å². The van der Waals surface area contributed by atoms with Gasteiger partial charge in [0.15, 0.2) is 5.65 Å². The highest BCUT2D eigenvalue weighted by Gasteiger charge is 2.17. The SMILES string of the molecule is Cc1cccc(-c2nc(CN(C)Cc3ccccc3C#N)[nH]c2-c2ccc3ncnn3c2)n1. The molecule has 1 N–H and O–H groups in total. The molecule has 0 aliphatic carbocycles. The Morgan fingerprint density at radius 2 is 1.91 bits per heavy atom. The number of nitriles is 1. The number of rotatable bonds is 6. The van der Waals surface area contributed by atoms with Crippen LogP contribution in [0.5, 0.6) is 0 Å². The molecule has 0 aliphatic rings. The van der Waals surface area contributed by atoms with Crippen molar-refractivity contribution in [2.24, 2.45) is 0 Å². The molecule has 1 aromatic carbocycles. The lowest BCUT2D eigenvalue weighted by Gasteiger charge is -2.16. The largest absolute Gasteiger partial charge is 0.340 e. The first-order valence-electron chi connectivity index (χ1n) is 10.6. The summed E-state index contributed by atoms with van der Waals surface area (Å²) >= 11 is 0. The monoisotopic (exact) mass is 434 g/mol. The van der Waals surface area contributed by atoms with Crippen molar-refractivity contribution < 1.29 is 0 Å². The quantitative estimate of drug-likeness (QED) is 0.434. The topological polar surface area (TPSA) is 98.8 Å². The minimum absolute atomic E-state index is 0.587. The summed E-state index contributed by atoms with van der Waals surface area (Å²) < 4.78 is 1.74. The molecule has 0 unspecified atom stereocenters. The van der Waals surface area contributed by atoms with E-state index in [1.165, 1.54) is 6.33 Å². The second-order valence-electron chi connectivity index (χ2n) is 7.99. The number of nitrogens with zero attached hydrogens (tertiary/aromatic N) is 7. The number of aromatic nitrogens is 6. The van der Waals surface area contributed by atoms with E-state index in [0.29, 0.717) is 18.7 Å². The molecule has 0 spiro atoms. The summed E-state index contributed by atoms with van der Waals surface area (Å²) in [5, 5.41) is 13.7. The number of imidazole rings is 1. The number of hydrogen-bond donors (Lipinski definition) is 1. The molecule has 4 aromatic heterocycles. The molecule has 0 aliphatic heterocycles. The van der Waals surface area contributed by atoms with Gasteiger partial charge >= 0.3 is 0 Å². The predicted molar refractivity (Wildman–Crippen MR) is 125 cm³/mol. The molecule has 0 saturated heterocycles. The van der Waals surface area contributed by atoms with Gasteiger partial charge in [-0.1, -0.05) is 24.3 Å². The lowest BCUT2D eigenvalue weighted by atomic mass is 10.1. The number of H-pyrrole nitrogens is 1. The minimum Gasteiger partial charge on any atom is -0.340 e. The Hall–Kier alpha value is -4.35. The summed E-state index contributed by atoms with van der Waals surface area (Å²) in [5.41, 5.74) is 6.82. The maximum Gasteiger partial charge on any atom is 0.155 e. The number of nitrogens with one attached hydrogen (secondary N) is 1. The van der Waals surface area contributed by atoms with Gasteiger partial charge in [0.2, 0.25) is 0 Å². The molecular formula is C25H22N8. The highest BCUT2D eigenvalue weighted by molar-refractivity contribution is 5.77. The third kappa shape index (κ3) is 4.22. The molecule has 0 atom stereocenters. The van der Waals surface area contributed by atoms with Crippen molar-refractivity contribution in [1.29, 1.82) is 5.26 Å². The Bertz CT molecular complexity index is 1470. The van der Waals surface area contributed by atoms with E-state index < -0.39 is 0 Å². The number of aromatic amines is 1. The van der Waals surface area contributed by atoms with E-state index in [0.717, 1.165) is 45.4 Å². The van der Waals surface area contributed by atoms with Crippen LogP contribution in [0, 0.1) is 18.3 Å². The Kier molecular flexibility index (Phi) is 5.39. The van der Waals surface area contributed by atoms with Crippen LogP contribution >= 0.6 is 0 Å². The minimum atomic E-state index is 0.587. The average Bonchev–Trinajstić information content (AvgIpc) is 3.46. The average molecular weight is 435 g/mol. The van der Waals surface area contributed by atoms with Crippen LogP contribution in [-0.4, -0.2) is 41.5 Å². The molecule has 8 heteroatoms. The third-order valence-electron chi connectivity index (χ3n) is 5.44. The van der Waals surface area contributed by atoms with Crippen LogP contribution in [0.15, 0.2) is 67.1 Å². The Balaban J connectivity index is 1.50. The van der Waals surface area contributed by atoms with Crippen LogP contribution in [0.1, 0.15) is 22.6 Å². The van der Waals surface area contributed by atoms with Gasteiger partial charge in [0.25, 0.3) is 0 Å². The van der Waals surface area contributed by atoms with Gasteiger partial charge in [-0.3, -0.25) is 9.88 Å². The van der Waals surface area contributed by atoms with Crippen molar-refractivity contribution in [3.63, 3.8) is 0 Å². The number of pyridine rings is 2. The zero-order chi connectivity index (χ0) is 22.8. The van der Waals surface area contributed by atoms with Gasteiger partial charge in [0.05, 0.1) is 29.6 Å². The van der Waals surface area contributed by atoms with Crippen LogP contribution in [0.2, 0.25) is 0 Å². The van der Waals surface area contributed by atoms with Crippen molar-refractivity contribution >= 4 is 5.65 Å². The summed E-state index contributed by atoms with van der Waals surface area (Å²) in [4.78, 5) is 19.5. The van der Waals surface area contributed by atoms with E-state index in [1.807, 2.05) is 74.8 Å². The zero-order valence-corrected chi connectivity index (χ0v) is 18.4. The number of fused-ring (bicyclic) bond motifs is 1. The summed E-state index contributed by atoms with van der Waals surface area (Å²) in [6, 6.07) is 19.8. The molecule has 8 nitrogen and oxygen atoms in total. The van der Waals surface area contributed by atoms with Crippen molar-refractivity contribution in [3.05, 3.63) is 89.8 Å². The predicted octanol–water partition coefficient (Wildman–Crippen LogP) is 3.99. The highest BCUT2D eigenvalue weighted by atomic mass is 15.3. The van der Waals surface area contributed by atoms with Crippen LogP contribution < -0.4 is 0 Å². The maximum atomic E-state index is 9.39. The van der Waals surface area contributed by atoms with Crippen molar-refractivity contribution in [2.75, 3.05) is 7.05 Å². The lowest BCUT2D eigenvalue weighted by molar-refractivity contribution is 0.311. The lowest BCUT2D eigenvalue weighted by Crippen LogP contribution is -2.18. The summed E-state index contributed by atoms with van der Waals surface area (Å²) in [5.74, 6) is 0.818. The molecule has 0 radical (unpaired) electrons. The van der Waals surface area contributed by atoms with E-state index in [-0.39, 0.29) is 0 Å². The fourth-order valence-corrected chi connectivity index (χ4v) is 3.90. The first-order chi connectivity index (χ1) is 16.1.